The Balaban J connectivity index is 2.71. The minimum absolute atomic E-state index is 0.118. The molecule has 0 aromatic rings. The van der Waals surface area contributed by atoms with Gasteiger partial charge in [-0.05, 0) is 5.92 Å². The van der Waals surface area contributed by atoms with Gasteiger partial charge in [0.25, 0.3) is 0 Å². The number of carbonyl (C=O) groups is 1. The quantitative estimate of drug-likeness (QED) is 0.759. The van der Waals surface area contributed by atoms with Crippen LogP contribution in [0.1, 0.15) is 13.8 Å². The standard InChI is InChI=1S/C9H15F3N2O/c1-6(2)7-8(15)13-3-4-14(7)5-9(10,11)12/h6-7H,3-5H2,1-2H3,(H,13,15)/t7-/m1/s1. The number of piperazine rings is 1. The molecule has 0 aromatic heterocycles. The van der Waals surface area contributed by atoms with Crippen LogP contribution in [0.4, 0.5) is 13.2 Å². The van der Waals surface area contributed by atoms with E-state index in [1.165, 1.54) is 4.90 Å². The Kier molecular flexibility index (Phi) is 3.59. The van der Waals surface area contributed by atoms with Gasteiger partial charge in [-0.2, -0.15) is 13.2 Å². The summed E-state index contributed by atoms with van der Waals surface area (Å²) in [5.41, 5.74) is 0. The summed E-state index contributed by atoms with van der Waals surface area (Å²) in [7, 11) is 0. The summed E-state index contributed by atoms with van der Waals surface area (Å²) in [5.74, 6) is -0.423. The predicted molar refractivity (Wildman–Crippen MR) is 49.3 cm³/mol. The van der Waals surface area contributed by atoms with Crippen LogP contribution in [-0.4, -0.2) is 42.7 Å². The maximum Gasteiger partial charge on any atom is 0.401 e. The Hall–Kier alpha value is -0.780. The molecule has 0 saturated carbocycles. The summed E-state index contributed by atoms with van der Waals surface area (Å²) in [6.45, 7) is 3.04. The van der Waals surface area contributed by atoms with Crippen LogP contribution in [0.3, 0.4) is 0 Å². The molecule has 1 saturated heterocycles. The van der Waals surface area contributed by atoms with E-state index in [-0.39, 0.29) is 24.9 Å². The van der Waals surface area contributed by atoms with Crippen molar-refractivity contribution in [3.63, 3.8) is 0 Å². The lowest BCUT2D eigenvalue weighted by atomic mass is 10.00. The molecule has 1 atom stereocenters. The number of amides is 1. The first-order valence-electron chi connectivity index (χ1n) is 4.90. The van der Waals surface area contributed by atoms with Crippen molar-refractivity contribution in [3.8, 4) is 0 Å². The highest BCUT2D eigenvalue weighted by Crippen LogP contribution is 2.21. The first-order valence-corrected chi connectivity index (χ1v) is 4.90. The molecule has 1 aliphatic rings. The molecular weight excluding hydrogens is 209 g/mol. The van der Waals surface area contributed by atoms with Crippen molar-refractivity contribution in [3.05, 3.63) is 0 Å². The third kappa shape index (κ3) is 3.37. The number of nitrogens with one attached hydrogen (secondary N) is 1. The molecule has 88 valence electrons. The molecule has 1 fully saturated rings. The summed E-state index contributed by atoms with van der Waals surface area (Å²) in [4.78, 5) is 12.6. The van der Waals surface area contributed by atoms with Crippen molar-refractivity contribution in [2.75, 3.05) is 19.6 Å². The molecule has 1 N–H and O–H groups in total. The molecule has 0 spiro atoms. The predicted octanol–water partition coefficient (Wildman–Crippen LogP) is 1.01. The van der Waals surface area contributed by atoms with Gasteiger partial charge < -0.3 is 5.32 Å². The second-order valence-electron chi connectivity index (χ2n) is 4.07. The third-order valence-electron chi connectivity index (χ3n) is 2.37. The third-order valence-corrected chi connectivity index (χ3v) is 2.37. The maximum atomic E-state index is 12.2. The van der Waals surface area contributed by atoms with Crippen molar-refractivity contribution in [2.24, 2.45) is 5.92 Å². The van der Waals surface area contributed by atoms with Crippen molar-refractivity contribution < 1.29 is 18.0 Å². The topological polar surface area (TPSA) is 32.3 Å². The van der Waals surface area contributed by atoms with Crippen molar-refractivity contribution >= 4 is 5.91 Å². The first kappa shape index (κ1) is 12.3. The molecule has 0 bridgehead atoms. The molecule has 15 heavy (non-hydrogen) atoms. The molecule has 6 heteroatoms. The fourth-order valence-corrected chi connectivity index (χ4v) is 1.86. The van der Waals surface area contributed by atoms with Crippen LogP contribution in [0.25, 0.3) is 0 Å². The van der Waals surface area contributed by atoms with E-state index >= 15 is 0 Å². The van der Waals surface area contributed by atoms with Gasteiger partial charge in [0.05, 0.1) is 12.6 Å². The lowest BCUT2D eigenvalue weighted by molar-refractivity contribution is -0.160. The number of alkyl halides is 3. The van der Waals surface area contributed by atoms with E-state index in [0.717, 1.165) is 0 Å². The second-order valence-corrected chi connectivity index (χ2v) is 4.07. The molecule has 0 aromatic carbocycles. The van der Waals surface area contributed by atoms with E-state index < -0.39 is 18.8 Å². The Morgan fingerprint density at radius 2 is 2.13 bits per heavy atom. The fourth-order valence-electron chi connectivity index (χ4n) is 1.86. The monoisotopic (exact) mass is 224 g/mol. The maximum absolute atomic E-state index is 12.2. The molecule has 0 aliphatic carbocycles. The van der Waals surface area contributed by atoms with Gasteiger partial charge in [-0.3, -0.25) is 9.69 Å². The Labute approximate surface area is 86.6 Å². The molecule has 3 nitrogen and oxygen atoms in total. The zero-order valence-corrected chi connectivity index (χ0v) is 8.77. The smallest absolute Gasteiger partial charge is 0.353 e. The summed E-state index contributed by atoms with van der Waals surface area (Å²) in [6, 6.07) is -0.666. The zero-order valence-electron chi connectivity index (χ0n) is 8.77. The first-order chi connectivity index (χ1) is 6.81. The Bertz CT molecular complexity index is 240. The largest absolute Gasteiger partial charge is 0.401 e. The van der Waals surface area contributed by atoms with Gasteiger partial charge in [0, 0.05) is 13.1 Å². The molecule has 1 heterocycles. The number of carbonyl (C=O) groups excluding carboxylic acids is 1. The van der Waals surface area contributed by atoms with Crippen LogP contribution in [0, 0.1) is 5.92 Å². The molecule has 0 unspecified atom stereocenters. The number of halogens is 3. The molecule has 1 rings (SSSR count). The van der Waals surface area contributed by atoms with Crippen LogP contribution in [0.5, 0.6) is 0 Å². The van der Waals surface area contributed by atoms with E-state index in [0.29, 0.717) is 0 Å². The number of nitrogens with zero attached hydrogens (tertiary/aromatic N) is 1. The summed E-state index contributed by atoms with van der Waals surface area (Å²) < 4.78 is 36.7. The highest BCUT2D eigenvalue weighted by atomic mass is 19.4. The summed E-state index contributed by atoms with van der Waals surface area (Å²) >= 11 is 0. The van der Waals surface area contributed by atoms with Crippen molar-refractivity contribution in [2.45, 2.75) is 26.1 Å². The molecular formula is C9H15F3N2O. The van der Waals surface area contributed by atoms with E-state index in [9.17, 15) is 18.0 Å². The van der Waals surface area contributed by atoms with Gasteiger partial charge in [0.2, 0.25) is 5.91 Å². The van der Waals surface area contributed by atoms with Crippen LogP contribution in [-0.2, 0) is 4.79 Å². The van der Waals surface area contributed by atoms with Gasteiger partial charge in [-0.25, -0.2) is 0 Å². The number of hydrogen-bond donors (Lipinski definition) is 1. The summed E-state index contributed by atoms with van der Waals surface area (Å²) in [6.07, 6.45) is -4.25. The van der Waals surface area contributed by atoms with E-state index in [4.69, 9.17) is 0 Å². The SMILES string of the molecule is CC(C)[C@@H]1C(=O)NCCN1CC(F)(F)F. The second kappa shape index (κ2) is 4.38. The average Bonchev–Trinajstić information content (AvgIpc) is 1.99. The van der Waals surface area contributed by atoms with E-state index in [2.05, 4.69) is 5.32 Å². The van der Waals surface area contributed by atoms with Crippen molar-refractivity contribution in [1.82, 2.24) is 10.2 Å². The molecule has 1 amide bonds. The van der Waals surface area contributed by atoms with Crippen LogP contribution >= 0.6 is 0 Å². The lowest BCUT2D eigenvalue weighted by Crippen LogP contribution is -2.59. The highest BCUT2D eigenvalue weighted by molar-refractivity contribution is 5.82. The van der Waals surface area contributed by atoms with Crippen LogP contribution in [0.2, 0.25) is 0 Å². The summed E-state index contributed by atoms with van der Waals surface area (Å²) in [5, 5.41) is 2.58. The van der Waals surface area contributed by atoms with Crippen LogP contribution < -0.4 is 5.32 Å². The fraction of sp³-hybridized carbons (Fsp3) is 0.889. The zero-order chi connectivity index (χ0) is 11.6. The normalized spacial score (nSPS) is 24.4. The molecule has 1 aliphatic heterocycles. The van der Waals surface area contributed by atoms with Gasteiger partial charge >= 0.3 is 6.18 Å². The van der Waals surface area contributed by atoms with Gasteiger partial charge in [0.1, 0.15) is 0 Å². The van der Waals surface area contributed by atoms with E-state index in [1.807, 2.05) is 0 Å². The van der Waals surface area contributed by atoms with Gasteiger partial charge in [0.15, 0.2) is 0 Å². The van der Waals surface area contributed by atoms with Gasteiger partial charge in [-0.1, -0.05) is 13.8 Å². The van der Waals surface area contributed by atoms with Gasteiger partial charge in [-0.15, -0.1) is 0 Å². The minimum Gasteiger partial charge on any atom is -0.353 e. The lowest BCUT2D eigenvalue weighted by Gasteiger charge is -2.37. The number of hydrogen-bond acceptors (Lipinski definition) is 2. The Morgan fingerprint density at radius 1 is 1.53 bits per heavy atom. The van der Waals surface area contributed by atoms with E-state index in [1.54, 1.807) is 13.8 Å². The average molecular weight is 224 g/mol. The van der Waals surface area contributed by atoms with Crippen LogP contribution in [0.15, 0.2) is 0 Å². The van der Waals surface area contributed by atoms with Crippen molar-refractivity contribution in [1.29, 1.82) is 0 Å². The highest BCUT2D eigenvalue weighted by Gasteiger charge is 2.39. The Morgan fingerprint density at radius 3 is 2.60 bits per heavy atom. The number of rotatable bonds is 2. The minimum atomic E-state index is -4.25. The molecule has 0 radical (unpaired) electrons.